The number of halogens is 6. The lowest BCUT2D eigenvalue weighted by molar-refractivity contribution is -0.143. The number of likely N-dealkylation sites (tertiary alicyclic amines) is 1. The number of rotatable bonds is 4. The summed E-state index contributed by atoms with van der Waals surface area (Å²) in [6.45, 7) is -0.0841. The molecule has 0 radical (unpaired) electrons. The number of aromatic nitrogens is 2. The Kier molecular flexibility index (Phi) is 6.99. The molecule has 1 saturated heterocycles. The molecule has 5 rings (SSSR count). The van der Waals surface area contributed by atoms with E-state index in [-0.39, 0.29) is 35.7 Å². The third kappa shape index (κ3) is 5.23. The van der Waals surface area contributed by atoms with Gasteiger partial charge in [-0.05, 0) is 41.3 Å². The van der Waals surface area contributed by atoms with E-state index in [1.807, 2.05) is 0 Å². The second-order valence-electron chi connectivity index (χ2n) is 9.39. The van der Waals surface area contributed by atoms with Crippen LogP contribution in [-0.4, -0.2) is 39.0 Å². The lowest BCUT2D eigenvalue weighted by Gasteiger charge is -2.27. The van der Waals surface area contributed by atoms with Crippen LogP contribution in [0.5, 0.6) is 5.88 Å². The summed E-state index contributed by atoms with van der Waals surface area (Å²) in [4.78, 5) is 22.4. The van der Waals surface area contributed by atoms with Gasteiger partial charge < -0.3 is 10.0 Å². The van der Waals surface area contributed by atoms with Crippen molar-refractivity contribution in [3.8, 4) is 28.1 Å². The summed E-state index contributed by atoms with van der Waals surface area (Å²) in [5.41, 5.74) is -5.24. The first-order chi connectivity index (χ1) is 18.9. The largest absolute Gasteiger partial charge is 0.493 e. The average Bonchev–Trinajstić information content (AvgIpc) is 3.42. The highest BCUT2D eigenvalue weighted by Gasteiger charge is 2.47. The first-order valence-corrected chi connectivity index (χ1v) is 12.2. The molecule has 1 fully saturated rings. The van der Waals surface area contributed by atoms with Gasteiger partial charge in [0.05, 0.1) is 16.7 Å². The highest BCUT2D eigenvalue weighted by molar-refractivity contribution is 6.02. The summed E-state index contributed by atoms with van der Waals surface area (Å²) in [6.07, 6.45) is -6.24. The zero-order chi connectivity index (χ0) is 28.7. The quantitative estimate of drug-likeness (QED) is 0.270. The van der Waals surface area contributed by atoms with E-state index in [0.29, 0.717) is 12.5 Å². The van der Waals surface area contributed by atoms with Crippen LogP contribution in [0, 0.1) is 0 Å². The fraction of sp³-hybridized carbons (Fsp3) is 0.207. The summed E-state index contributed by atoms with van der Waals surface area (Å²) in [6, 6.07) is 13.5. The highest BCUT2D eigenvalue weighted by Crippen LogP contribution is 2.49. The van der Waals surface area contributed by atoms with Crippen LogP contribution in [0.1, 0.15) is 39.4 Å². The molecule has 1 atom stereocenters. The van der Waals surface area contributed by atoms with Gasteiger partial charge in [-0.15, -0.1) is 0 Å². The number of amides is 1. The number of nitrogens with zero attached hydrogens (tertiary/aromatic N) is 3. The number of carbonyl (C=O) groups is 1. The van der Waals surface area contributed by atoms with Crippen LogP contribution < -0.4 is 0 Å². The van der Waals surface area contributed by atoms with E-state index in [0.717, 1.165) is 28.8 Å². The highest BCUT2D eigenvalue weighted by atomic mass is 19.4. The molecule has 1 aliphatic heterocycles. The number of benzene rings is 2. The third-order valence-electron chi connectivity index (χ3n) is 6.88. The van der Waals surface area contributed by atoms with E-state index in [4.69, 9.17) is 0 Å². The number of aromatic hydroxyl groups is 1. The maximum atomic E-state index is 14.9. The number of hydrogen-bond donors (Lipinski definition) is 1. The summed E-state index contributed by atoms with van der Waals surface area (Å²) in [7, 11) is 0. The Bertz CT molecular complexity index is 1520. The number of alkyl halides is 6. The fourth-order valence-corrected chi connectivity index (χ4v) is 5.08. The Morgan fingerprint density at radius 1 is 0.900 bits per heavy atom. The molecule has 4 aromatic rings. The second-order valence-corrected chi connectivity index (χ2v) is 9.39. The summed E-state index contributed by atoms with van der Waals surface area (Å²) >= 11 is 0. The van der Waals surface area contributed by atoms with E-state index in [1.54, 1.807) is 30.6 Å². The van der Waals surface area contributed by atoms with E-state index >= 15 is 0 Å². The average molecular weight is 557 g/mol. The van der Waals surface area contributed by atoms with Gasteiger partial charge in [0.2, 0.25) is 5.88 Å². The minimum absolute atomic E-state index is 0.0243. The van der Waals surface area contributed by atoms with Gasteiger partial charge in [-0.2, -0.15) is 26.3 Å². The van der Waals surface area contributed by atoms with E-state index in [2.05, 4.69) is 9.97 Å². The van der Waals surface area contributed by atoms with E-state index in [9.17, 15) is 36.2 Å². The van der Waals surface area contributed by atoms with Crippen molar-refractivity contribution < 1.29 is 36.2 Å². The van der Waals surface area contributed by atoms with Gasteiger partial charge in [0.15, 0.2) is 0 Å². The third-order valence-corrected chi connectivity index (χ3v) is 6.88. The molecule has 2 aromatic carbocycles. The van der Waals surface area contributed by atoms with Gasteiger partial charge in [0.25, 0.3) is 5.91 Å². The van der Waals surface area contributed by atoms with Gasteiger partial charge in [-0.1, -0.05) is 36.4 Å². The molecule has 206 valence electrons. The molecule has 1 amide bonds. The number of carbonyl (C=O) groups excluding carboxylic acids is 1. The molecule has 0 aliphatic carbocycles. The molecule has 0 saturated carbocycles. The van der Waals surface area contributed by atoms with Crippen LogP contribution in [0.2, 0.25) is 0 Å². The minimum Gasteiger partial charge on any atom is -0.493 e. The zero-order valence-corrected chi connectivity index (χ0v) is 20.7. The Morgan fingerprint density at radius 3 is 2.25 bits per heavy atom. The van der Waals surface area contributed by atoms with E-state index < -0.39 is 46.4 Å². The maximum absolute atomic E-state index is 14.9. The van der Waals surface area contributed by atoms with Crippen molar-refractivity contribution in [2.75, 3.05) is 13.1 Å². The molecular formula is C29H21F6N3O2. The first kappa shape index (κ1) is 27.2. The molecule has 5 nitrogen and oxygen atoms in total. The van der Waals surface area contributed by atoms with Crippen molar-refractivity contribution in [1.82, 2.24) is 14.9 Å². The summed E-state index contributed by atoms with van der Waals surface area (Å²) < 4.78 is 88.2. The van der Waals surface area contributed by atoms with Crippen molar-refractivity contribution in [2.45, 2.75) is 24.7 Å². The Morgan fingerprint density at radius 2 is 1.65 bits per heavy atom. The molecule has 0 bridgehead atoms. The fourth-order valence-electron chi connectivity index (χ4n) is 5.08. The van der Waals surface area contributed by atoms with Crippen LogP contribution in [0.25, 0.3) is 22.3 Å². The molecule has 1 unspecified atom stereocenters. The molecule has 0 spiro atoms. The number of pyridine rings is 2. The number of hydrogen-bond acceptors (Lipinski definition) is 4. The monoisotopic (exact) mass is 557 g/mol. The van der Waals surface area contributed by atoms with Crippen molar-refractivity contribution in [3.63, 3.8) is 0 Å². The summed E-state index contributed by atoms with van der Waals surface area (Å²) in [5, 5.41) is 9.63. The summed E-state index contributed by atoms with van der Waals surface area (Å²) in [5.74, 6) is -2.13. The van der Waals surface area contributed by atoms with Crippen molar-refractivity contribution in [1.29, 1.82) is 0 Å². The van der Waals surface area contributed by atoms with Gasteiger partial charge in [0.1, 0.15) is 0 Å². The van der Waals surface area contributed by atoms with Gasteiger partial charge >= 0.3 is 12.4 Å². The molecule has 1 aliphatic rings. The van der Waals surface area contributed by atoms with Crippen LogP contribution in [0.3, 0.4) is 0 Å². The molecule has 11 heteroatoms. The Hall–Kier alpha value is -4.41. The molecular weight excluding hydrogens is 536 g/mol. The Labute approximate surface area is 224 Å². The first-order valence-electron chi connectivity index (χ1n) is 12.2. The predicted molar refractivity (Wildman–Crippen MR) is 134 cm³/mol. The van der Waals surface area contributed by atoms with Crippen molar-refractivity contribution >= 4 is 5.91 Å². The Balaban J connectivity index is 1.78. The second kappa shape index (κ2) is 10.3. The van der Waals surface area contributed by atoms with Gasteiger partial charge in [-0.3, -0.25) is 9.78 Å². The zero-order valence-electron chi connectivity index (χ0n) is 20.7. The van der Waals surface area contributed by atoms with Crippen LogP contribution in [0.15, 0.2) is 79.3 Å². The van der Waals surface area contributed by atoms with Gasteiger partial charge in [-0.25, -0.2) is 4.98 Å². The molecule has 1 N–H and O–H groups in total. The van der Waals surface area contributed by atoms with Crippen LogP contribution >= 0.6 is 0 Å². The SMILES string of the molecule is O=C(c1c(C(F)(F)F)cc(-c2ccccc2)c(-c2ccc(O)nc2)c1C(F)(F)F)N1CCC(c2cccnc2)C1. The minimum atomic E-state index is -5.36. The lowest BCUT2D eigenvalue weighted by Crippen LogP contribution is -2.33. The van der Waals surface area contributed by atoms with Crippen LogP contribution in [-0.2, 0) is 12.4 Å². The molecule has 40 heavy (non-hydrogen) atoms. The van der Waals surface area contributed by atoms with Gasteiger partial charge in [0, 0.05) is 54.8 Å². The van der Waals surface area contributed by atoms with Crippen molar-refractivity contribution in [2.24, 2.45) is 0 Å². The maximum Gasteiger partial charge on any atom is 0.417 e. The lowest BCUT2D eigenvalue weighted by atomic mass is 9.84. The standard InChI is InChI=1S/C29H21F6N3O2/c30-28(31,32)22-13-21(17-5-2-1-3-6-17)24(19-8-9-23(39)37-15-19)26(29(33,34)35)25(22)27(40)38-12-10-20(16-38)18-7-4-11-36-14-18/h1-9,11,13-15,20H,10,12,16H2,(H,37,39). The topological polar surface area (TPSA) is 66.3 Å². The predicted octanol–water partition coefficient (Wildman–Crippen LogP) is 7.18. The van der Waals surface area contributed by atoms with Crippen molar-refractivity contribution in [3.05, 3.63) is 102 Å². The normalized spacial score (nSPS) is 15.8. The molecule has 3 heterocycles. The van der Waals surface area contributed by atoms with E-state index in [1.165, 1.54) is 24.3 Å². The smallest absolute Gasteiger partial charge is 0.417 e. The molecule has 2 aromatic heterocycles. The van der Waals surface area contributed by atoms with Crippen LogP contribution in [0.4, 0.5) is 26.3 Å².